The standard InChI is InChI=1S/C17H31N5O8/c1-9(23)14(16(28)21-11(17(29)30)4-2-3-7-18)22-12(24)8-20-15(27)10(19)5-6-13(25)26/h9-11,14,23H,2-8,18-19H2,1H3,(H,20,27)(H,21,28)(H,22,24)(H,25,26)(H,29,30). The Labute approximate surface area is 173 Å². The fourth-order valence-corrected chi connectivity index (χ4v) is 2.35. The lowest BCUT2D eigenvalue weighted by Crippen LogP contribution is -2.57. The summed E-state index contributed by atoms with van der Waals surface area (Å²) in [5.41, 5.74) is 10.9. The normalized spacial score (nSPS) is 14.7. The summed E-state index contributed by atoms with van der Waals surface area (Å²) in [6, 6.07) is -3.80. The topological polar surface area (TPSA) is 234 Å². The number of carbonyl (C=O) groups excluding carboxylic acids is 3. The molecule has 4 unspecified atom stereocenters. The van der Waals surface area contributed by atoms with Crippen LogP contribution in [0.4, 0.5) is 0 Å². The number of aliphatic hydroxyl groups is 1. The molecule has 0 saturated heterocycles. The molecule has 0 spiro atoms. The van der Waals surface area contributed by atoms with Gasteiger partial charge in [-0.15, -0.1) is 0 Å². The van der Waals surface area contributed by atoms with Crippen molar-refractivity contribution < 1.29 is 39.3 Å². The minimum absolute atomic E-state index is 0.123. The molecule has 0 fully saturated rings. The van der Waals surface area contributed by atoms with E-state index < -0.39 is 60.4 Å². The van der Waals surface area contributed by atoms with Crippen molar-refractivity contribution in [3.05, 3.63) is 0 Å². The maximum Gasteiger partial charge on any atom is 0.326 e. The fourth-order valence-electron chi connectivity index (χ4n) is 2.35. The van der Waals surface area contributed by atoms with Crippen molar-refractivity contribution in [3.63, 3.8) is 0 Å². The van der Waals surface area contributed by atoms with Gasteiger partial charge in [-0.25, -0.2) is 4.79 Å². The Morgan fingerprint density at radius 1 is 0.967 bits per heavy atom. The molecule has 10 N–H and O–H groups in total. The minimum Gasteiger partial charge on any atom is -0.481 e. The van der Waals surface area contributed by atoms with Crippen molar-refractivity contribution in [2.24, 2.45) is 11.5 Å². The molecule has 0 aromatic rings. The maximum atomic E-state index is 12.3. The summed E-state index contributed by atoms with van der Waals surface area (Å²) in [7, 11) is 0. The van der Waals surface area contributed by atoms with Crippen LogP contribution in [0, 0.1) is 0 Å². The molecule has 0 aliphatic rings. The molecule has 3 amide bonds. The van der Waals surface area contributed by atoms with Gasteiger partial charge in [-0.1, -0.05) is 0 Å². The molecule has 0 saturated carbocycles. The third-order valence-electron chi connectivity index (χ3n) is 4.07. The second-order valence-corrected chi connectivity index (χ2v) is 6.73. The molecule has 0 rings (SSSR count). The van der Waals surface area contributed by atoms with Crippen LogP contribution in [-0.2, 0) is 24.0 Å². The summed E-state index contributed by atoms with van der Waals surface area (Å²) in [6.07, 6.45) is -0.620. The first kappa shape index (κ1) is 27.2. The van der Waals surface area contributed by atoms with Crippen molar-refractivity contribution >= 4 is 29.7 Å². The first-order chi connectivity index (χ1) is 14.0. The molecule has 0 aromatic heterocycles. The van der Waals surface area contributed by atoms with Crippen molar-refractivity contribution in [2.75, 3.05) is 13.1 Å². The van der Waals surface area contributed by atoms with Crippen LogP contribution < -0.4 is 27.4 Å². The van der Waals surface area contributed by atoms with Crippen LogP contribution in [0.15, 0.2) is 0 Å². The highest BCUT2D eigenvalue weighted by molar-refractivity contribution is 5.92. The summed E-state index contributed by atoms with van der Waals surface area (Å²) >= 11 is 0. The first-order valence-electron chi connectivity index (χ1n) is 9.45. The van der Waals surface area contributed by atoms with E-state index in [0.717, 1.165) is 0 Å². The fraction of sp³-hybridized carbons (Fsp3) is 0.706. The minimum atomic E-state index is -1.45. The van der Waals surface area contributed by atoms with E-state index >= 15 is 0 Å². The molecule has 13 heteroatoms. The van der Waals surface area contributed by atoms with Crippen LogP contribution >= 0.6 is 0 Å². The van der Waals surface area contributed by atoms with Crippen LogP contribution in [0.2, 0.25) is 0 Å². The average Bonchev–Trinajstić information content (AvgIpc) is 2.66. The number of aliphatic hydroxyl groups excluding tert-OH is 1. The van der Waals surface area contributed by atoms with E-state index in [9.17, 15) is 34.2 Å². The predicted octanol–water partition coefficient (Wildman–Crippen LogP) is -3.14. The molecule has 0 aliphatic carbocycles. The molecule has 0 heterocycles. The van der Waals surface area contributed by atoms with E-state index in [1.54, 1.807) is 0 Å². The Balaban J connectivity index is 4.72. The van der Waals surface area contributed by atoms with Gasteiger partial charge in [-0.05, 0) is 39.2 Å². The van der Waals surface area contributed by atoms with E-state index in [1.807, 2.05) is 0 Å². The SMILES string of the molecule is CC(O)C(NC(=O)CNC(=O)C(N)CCC(=O)O)C(=O)NC(CCCCN)C(=O)O. The number of aliphatic carboxylic acids is 2. The summed E-state index contributed by atoms with van der Waals surface area (Å²) in [4.78, 5) is 57.8. The third-order valence-corrected chi connectivity index (χ3v) is 4.07. The summed E-state index contributed by atoms with van der Waals surface area (Å²) < 4.78 is 0. The number of unbranched alkanes of at least 4 members (excludes halogenated alkanes) is 1. The molecule has 13 nitrogen and oxygen atoms in total. The molecule has 0 aromatic carbocycles. The average molecular weight is 433 g/mol. The Bertz CT molecular complexity index is 613. The van der Waals surface area contributed by atoms with Crippen LogP contribution in [0.25, 0.3) is 0 Å². The molecule has 30 heavy (non-hydrogen) atoms. The Morgan fingerprint density at radius 3 is 2.10 bits per heavy atom. The number of nitrogens with one attached hydrogen (secondary N) is 3. The number of hydrogen-bond donors (Lipinski definition) is 8. The van der Waals surface area contributed by atoms with Crippen molar-refractivity contribution in [1.82, 2.24) is 16.0 Å². The molecule has 0 aliphatic heterocycles. The number of carboxylic acid groups (broad SMARTS) is 2. The van der Waals surface area contributed by atoms with Crippen molar-refractivity contribution in [2.45, 2.75) is 63.3 Å². The zero-order valence-electron chi connectivity index (χ0n) is 16.8. The lowest BCUT2D eigenvalue weighted by atomic mass is 10.1. The van der Waals surface area contributed by atoms with E-state index in [-0.39, 0.29) is 19.3 Å². The van der Waals surface area contributed by atoms with E-state index in [2.05, 4.69) is 16.0 Å². The highest BCUT2D eigenvalue weighted by Crippen LogP contribution is 2.03. The second-order valence-electron chi connectivity index (χ2n) is 6.73. The lowest BCUT2D eigenvalue weighted by Gasteiger charge is -2.23. The maximum absolute atomic E-state index is 12.3. The largest absolute Gasteiger partial charge is 0.481 e. The van der Waals surface area contributed by atoms with Gasteiger partial charge in [0.2, 0.25) is 17.7 Å². The van der Waals surface area contributed by atoms with Gasteiger partial charge < -0.3 is 42.7 Å². The highest BCUT2D eigenvalue weighted by atomic mass is 16.4. The zero-order chi connectivity index (χ0) is 23.3. The van der Waals surface area contributed by atoms with E-state index in [4.69, 9.17) is 16.6 Å². The number of hydrogen-bond acceptors (Lipinski definition) is 8. The van der Waals surface area contributed by atoms with E-state index in [1.165, 1.54) is 6.92 Å². The number of rotatable bonds is 15. The van der Waals surface area contributed by atoms with Gasteiger partial charge in [0, 0.05) is 6.42 Å². The number of nitrogens with two attached hydrogens (primary N) is 2. The zero-order valence-corrected chi connectivity index (χ0v) is 16.8. The summed E-state index contributed by atoms with van der Waals surface area (Å²) in [5, 5.41) is 34.2. The molecule has 0 radical (unpaired) electrons. The number of carbonyl (C=O) groups is 5. The van der Waals surface area contributed by atoms with Gasteiger partial charge in [-0.2, -0.15) is 0 Å². The number of carboxylic acids is 2. The van der Waals surface area contributed by atoms with E-state index in [0.29, 0.717) is 19.4 Å². The van der Waals surface area contributed by atoms with Crippen molar-refractivity contribution in [3.8, 4) is 0 Å². The van der Waals surface area contributed by atoms with Crippen LogP contribution in [0.5, 0.6) is 0 Å². The molecule has 0 bridgehead atoms. The van der Waals surface area contributed by atoms with Crippen LogP contribution in [0.1, 0.15) is 39.0 Å². The lowest BCUT2D eigenvalue weighted by molar-refractivity contribution is -0.143. The highest BCUT2D eigenvalue weighted by Gasteiger charge is 2.29. The van der Waals surface area contributed by atoms with Crippen LogP contribution in [0.3, 0.4) is 0 Å². The smallest absolute Gasteiger partial charge is 0.326 e. The van der Waals surface area contributed by atoms with Gasteiger partial charge in [0.25, 0.3) is 0 Å². The van der Waals surface area contributed by atoms with Crippen molar-refractivity contribution in [1.29, 1.82) is 0 Å². The molecule has 4 atom stereocenters. The molecular weight excluding hydrogens is 402 g/mol. The molecular formula is C17H31N5O8. The predicted molar refractivity (Wildman–Crippen MR) is 104 cm³/mol. The number of amides is 3. The van der Waals surface area contributed by atoms with Gasteiger partial charge in [-0.3, -0.25) is 19.2 Å². The van der Waals surface area contributed by atoms with Gasteiger partial charge in [0.15, 0.2) is 0 Å². The molecule has 172 valence electrons. The van der Waals surface area contributed by atoms with Gasteiger partial charge in [0.1, 0.15) is 12.1 Å². The monoisotopic (exact) mass is 433 g/mol. The second kappa shape index (κ2) is 14.3. The van der Waals surface area contributed by atoms with Gasteiger partial charge in [0.05, 0.1) is 18.7 Å². The summed E-state index contributed by atoms with van der Waals surface area (Å²) in [5.74, 6) is -4.87. The third kappa shape index (κ3) is 11.3. The Kier molecular flexibility index (Phi) is 12.9. The Morgan fingerprint density at radius 2 is 1.60 bits per heavy atom. The first-order valence-corrected chi connectivity index (χ1v) is 9.45. The Hall–Kier alpha value is -2.77. The summed E-state index contributed by atoms with van der Waals surface area (Å²) in [6.45, 7) is 1.03. The quantitative estimate of drug-likeness (QED) is 0.121. The van der Waals surface area contributed by atoms with Gasteiger partial charge >= 0.3 is 11.9 Å². The van der Waals surface area contributed by atoms with Crippen LogP contribution in [-0.4, -0.2) is 82.3 Å².